The normalized spacial score (nSPS) is 47.2. The number of carbonyl (C=O) groups is 4. The maximum absolute atomic E-state index is 13.3. The number of carboxylic acids is 1. The zero-order valence-electron chi connectivity index (χ0n) is 49.6. The highest BCUT2D eigenvalue weighted by atomic mass is 16.8. The molecule has 0 aromatic heterocycles. The molecule has 93 heavy (non-hydrogen) atoms. The zero-order valence-corrected chi connectivity index (χ0v) is 49.6. The predicted molar refractivity (Wildman–Crippen MR) is 284 cm³/mol. The lowest BCUT2D eigenvalue weighted by Crippen LogP contribution is -2.70. The summed E-state index contributed by atoms with van der Waals surface area (Å²) < 4.78 is 75.4. The van der Waals surface area contributed by atoms with Crippen molar-refractivity contribution >= 4 is 23.7 Å². The van der Waals surface area contributed by atoms with Gasteiger partial charge in [-0.15, -0.1) is 0 Å². The molecule has 0 saturated carbocycles. The highest BCUT2D eigenvalue weighted by Gasteiger charge is 2.60. The topological polar surface area (TPSA) is 669 Å². The lowest BCUT2D eigenvalue weighted by Gasteiger charge is -2.50. The number of aliphatic hydroxyl groups excluding tert-OH is 21. The third-order valence-electron chi connectivity index (χ3n) is 16.7. The number of nitrogens with one attached hydrogen (secondary N) is 3. The number of aliphatic hydroxyl groups is 21. The van der Waals surface area contributed by atoms with Crippen LogP contribution < -0.4 is 16.0 Å². The Balaban J connectivity index is 1.24. The summed E-state index contributed by atoms with van der Waals surface area (Å²) in [5.41, 5.74) is 0. The zero-order chi connectivity index (χ0) is 69.0. The second kappa shape index (κ2) is 32.9. The molecule has 7 fully saturated rings. The van der Waals surface area contributed by atoms with Crippen LogP contribution in [0.25, 0.3) is 0 Å². The van der Waals surface area contributed by atoms with Crippen LogP contribution in [-0.4, -0.2) is 403 Å². The first kappa shape index (κ1) is 76.9. The average molecular weight is 1360 g/mol. The minimum atomic E-state index is -3.17. The smallest absolute Gasteiger partial charge is 0.364 e. The van der Waals surface area contributed by atoms with Crippen molar-refractivity contribution in [3.63, 3.8) is 0 Å². The summed E-state index contributed by atoms with van der Waals surface area (Å²) in [6.07, 6.45) is -67.6. The molecule has 0 bridgehead atoms. The maximum Gasteiger partial charge on any atom is 0.364 e. The Morgan fingerprint density at radius 1 is 0.441 bits per heavy atom. The highest BCUT2D eigenvalue weighted by molar-refractivity contribution is 5.77. The maximum atomic E-state index is 13.3. The van der Waals surface area contributed by atoms with Crippen molar-refractivity contribution in [3.8, 4) is 0 Å². The molecule has 36 atom stereocenters. The summed E-state index contributed by atoms with van der Waals surface area (Å²) in [7, 11) is 0. The summed E-state index contributed by atoms with van der Waals surface area (Å²) in [4.78, 5) is 51.3. The summed E-state index contributed by atoms with van der Waals surface area (Å²) in [5.74, 6) is -8.00. The van der Waals surface area contributed by atoms with Crippen molar-refractivity contribution < 1.29 is 193 Å². The van der Waals surface area contributed by atoms with Crippen molar-refractivity contribution in [1.29, 1.82) is 0 Å². The van der Waals surface area contributed by atoms with E-state index >= 15 is 0 Å². The Morgan fingerprint density at radius 3 is 1.34 bits per heavy atom. The summed E-state index contributed by atoms with van der Waals surface area (Å²) >= 11 is 0. The molecule has 0 aliphatic carbocycles. The Labute approximate surface area is 525 Å². The van der Waals surface area contributed by atoms with Crippen molar-refractivity contribution in [1.82, 2.24) is 16.0 Å². The van der Waals surface area contributed by atoms with Crippen LogP contribution in [0, 0.1) is 0 Å². The van der Waals surface area contributed by atoms with Crippen molar-refractivity contribution in [3.05, 3.63) is 0 Å². The van der Waals surface area contributed by atoms with Gasteiger partial charge in [0.25, 0.3) is 5.79 Å². The van der Waals surface area contributed by atoms with E-state index in [1.165, 1.54) is 0 Å². The Bertz CT molecular complexity index is 2410. The van der Waals surface area contributed by atoms with Crippen LogP contribution in [0.15, 0.2) is 0 Å². The van der Waals surface area contributed by atoms with E-state index in [2.05, 4.69) is 16.0 Å². The molecule has 0 radical (unpaired) electrons. The second-order valence-electron chi connectivity index (χ2n) is 23.3. The van der Waals surface area contributed by atoms with Gasteiger partial charge in [-0.05, 0) is 0 Å². The Hall–Kier alpha value is -3.48. The number of carboxylic acid groups (broad SMARTS) is 1. The van der Waals surface area contributed by atoms with Gasteiger partial charge in [0, 0.05) is 27.2 Å². The molecular weight excluding hydrogens is 1280 g/mol. The van der Waals surface area contributed by atoms with Gasteiger partial charge in [0.15, 0.2) is 37.7 Å². The van der Waals surface area contributed by atoms with E-state index in [-0.39, 0.29) is 0 Å². The molecule has 0 unspecified atom stereocenters. The van der Waals surface area contributed by atoms with Gasteiger partial charge in [-0.1, -0.05) is 0 Å². The van der Waals surface area contributed by atoms with E-state index in [1.807, 2.05) is 0 Å². The monoisotopic (exact) mass is 1360 g/mol. The summed E-state index contributed by atoms with van der Waals surface area (Å²) in [6, 6.07) is -5.57. The van der Waals surface area contributed by atoms with E-state index < -0.39 is 297 Å². The number of hydrogen-bond donors (Lipinski definition) is 25. The molecule has 0 aromatic rings. The molecule has 42 nitrogen and oxygen atoms in total. The van der Waals surface area contributed by atoms with Crippen LogP contribution in [0.1, 0.15) is 27.2 Å². The van der Waals surface area contributed by atoms with Gasteiger partial charge in [0.1, 0.15) is 165 Å². The van der Waals surface area contributed by atoms with Gasteiger partial charge in [-0.3, -0.25) is 14.4 Å². The molecular formula is C51H85N3O39. The van der Waals surface area contributed by atoms with Crippen LogP contribution in [0.5, 0.6) is 0 Å². The number of amides is 3. The van der Waals surface area contributed by atoms with E-state index in [0.29, 0.717) is 0 Å². The first-order chi connectivity index (χ1) is 43.8. The summed E-state index contributed by atoms with van der Waals surface area (Å²) in [5, 5.41) is 245. The first-order valence-electron chi connectivity index (χ1n) is 29.2. The fraction of sp³-hybridized carbons (Fsp3) is 0.922. The quantitative estimate of drug-likeness (QED) is 0.0404. The second-order valence-corrected chi connectivity index (χ2v) is 23.3. The Kier molecular flexibility index (Phi) is 27.2. The molecule has 7 aliphatic heterocycles. The average Bonchev–Trinajstić information content (AvgIpc) is 0.781. The molecule has 3 amide bonds. The number of carbonyl (C=O) groups excluding carboxylic acids is 3. The van der Waals surface area contributed by atoms with Gasteiger partial charge in [0.2, 0.25) is 17.7 Å². The number of ether oxygens (including phenoxy) is 13. The third-order valence-corrected chi connectivity index (χ3v) is 16.7. The van der Waals surface area contributed by atoms with Crippen molar-refractivity contribution in [2.45, 2.75) is 248 Å². The van der Waals surface area contributed by atoms with E-state index in [4.69, 9.17) is 61.6 Å². The molecule has 42 heteroatoms. The van der Waals surface area contributed by atoms with Crippen LogP contribution >= 0.6 is 0 Å². The summed E-state index contributed by atoms with van der Waals surface area (Å²) in [6.45, 7) is -4.88. The van der Waals surface area contributed by atoms with Gasteiger partial charge in [0.05, 0.1) is 58.4 Å². The van der Waals surface area contributed by atoms with E-state index in [0.717, 1.165) is 20.8 Å². The molecule has 7 aliphatic rings. The molecule has 25 N–H and O–H groups in total. The van der Waals surface area contributed by atoms with Crippen molar-refractivity contribution in [2.24, 2.45) is 0 Å². The number of aliphatic carboxylic acids is 1. The third kappa shape index (κ3) is 17.0. The largest absolute Gasteiger partial charge is 0.477 e. The van der Waals surface area contributed by atoms with Gasteiger partial charge in [-0.25, -0.2) is 4.79 Å². The molecule has 7 rings (SSSR count). The molecule has 7 heterocycles. The van der Waals surface area contributed by atoms with Gasteiger partial charge >= 0.3 is 5.97 Å². The number of rotatable bonds is 25. The molecule has 0 spiro atoms. The minimum absolute atomic E-state index is 0.856. The number of hydrogen-bond acceptors (Lipinski definition) is 38. The lowest BCUT2D eigenvalue weighted by atomic mass is 9.88. The van der Waals surface area contributed by atoms with E-state index in [1.54, 1.807) is 0 Å². The molecule has 538 valence electrons. The SMILES string of the molecule is CC(=O)N[C@H]1[C@H](OC[C@H]2O[C@@H](O[C@H]3[C@H](O)[C@@H](O)[C@@H](O)O[C@@H]3CO)[C@H](O)[C@@H](O[C@@H]3O[C@H](CO)[C@@H](O[C@@H]4O[C@H](CO)[C@H](O)[C@H](O)[C@H]4O)[C@H](O)[C@H]3NC(C)=O)[C@H]2O)O[C@H](CO[C@]2(C(=O)O)C[C@H](O)[C@@H](NC(C)=O)[C@H]([C@H](O)[C@H](O)CO)O2)[C@@H](O[C@@H]2O[C@H](CO)[C@H](O)[C@H](O)[C@H]2O)[C@@H]1O. The van der Waals surface area contributed by atoms with Crippen molar-refractivity contribution in [2.75, 3.05) is 46.2 Å². The fourth-order valence-corrected chi connectivity index (χ4v) is 11.7. The molecule has 7 saturated heterocycles. The van der Waals surface area contributed by atoms with Gasteiger partial charge < -0.3 is 190 Å². The minimum Gasteiger partial charge on any atom is -0.477 e. The van der Waals surface area contributed by atoms with Crippen LogP contribution in [0.4, 0.5) is 0 Å². The predicted octanol–water partition coefficient (Wildman–Crippen LogP) is -16.6. The van der Waals surface area contributed by atoms with E-state index in [9.17, 15) is 132 Å². The first-order valence-corrected chi connectivity index (χ1v) is 29.2. The van der Waals surface area contributed by atoms with Gasteiger partial charge in [-0.2, -0.15) is 0 Å². The van der Waals surface area contributed by atoms with Crippen LogP contribution in [-0.2, 0) is 80.8 Å². The lowest BCUT2D eigenvalue weighted by molar-refractivity contribution is -0.384. The Morgan fingerprint density at radius 2 is 0.860 bits per heavy atom. The fourth-order valence-electron chi connectivity index (χ4n) is 11.7. The highest BCUT2D eigenvalue weighted by Crippen LogP contribution is 2.39. The van der Waals surface area contributed by atoms with Crippen LogP contribution in [0.2, 0.25) is 0 Å². The molecule has 0 aromatic carbocycles. The standard InChI is InChI=1S/C51H85N3O39/c1-12(60)52-23-15(63)4-51(50(79)80,93-42(23)26(65)16(64)5-55)82-11-22-41(91-48-37(76)33(72)28(67)18(7-57)85-48)30(69)24(53-13(2)61)45(88-22)81-10-21-29(68)43(38(77)49(87-21)90-40-19(8-58)83-44(78)35(74)34(40)73)92-46-25(54-14(3)62)31(70)39(20(9-59)86-46)89-47-36(75)32(71)27(66)17(6-56)84-47/h15-49,55-59,63-78H,4-11H2,1-3H3,(H,52,60)(H,53,61)(H,54,62)(H,79,80)/t15-,16+,17+,18+,19+,20+,21+,22+,23+,24+,25+,26+,27-,28-,29-,30+,31+,32-,33-,34+,35+,36+,37+,38+,39+,40+,41+,42+,43-,44-,45+,46-,47-,48-,49-,51+/m0/s1. The van der Waals surface area contributed by atoms with Crippen LogP contribution in [0.3, 0.4) is 0 Å².